The number of thioether (sulfide) groups is 1. The van der Waals surface area contributed by atoms with Gasteiger partial charge in [-0.05, 0) is 20.9 Å². The standard InChI is InChI=1S/C9H16N2O2S2/c1-9(2)5-15-7(8(12)13)11(9)6(14)4-10-3/h7,10H,4-5H2,1-3H3,(H,12,13). The Morgan fingerprint density at radius 3 is 2.80 bits per heavy atom. The van der Waals surface area contributed by atoms with Gasteiger partial charge in [0.1, 0.15) is 0 Å². The third-order valence-corrected chi connectivity index (χ3v) is 4.23. The maximum atomic E-state index is 11.1. The molecule has 1 fully saturated rings. The van der Waals surface area contributed by atoms with Crippen molar-refractivity contribution in [2.24, 2.45) is 0 Å². The number of likely N-dealkylation sites (N-methyl/N-ethyl adjacent to an activating group) is 1. The summed E-state index contributed by atoms with van der Waals surface area (Å²) in [6.45, 7) is 4.58. The Balaban J connectivity index is 2.87. The number of carboxylic acid groups (broad SMARTS) is 1. The first-order valence-corrected chi connectivity index (χ1v) is 6.17. The summed E-state index contributed by atoms with van der Waals surface area (Å²) >= 11 is 6.68. The van der Waals surface area contributed by atoms with Gasteiger partial charge in [0.15, 0.2) is 5.37 Å². The van der Waals surface area contributed by atoms with E-state index in [1.807, 2.05) is 18.7 Å². The van der Waals surface area contributed by atoms with E-state index in [2.05, 4.69) is 5.32 Å². The van der Waals surface area contributed by atoms with Crippen LogP contribution < -0.4 is 5.32 Å². The van der Waals surface area contributed by atoms with Crippen molar-refractivity contribution >= 4 is 34.9 Å². The lowest BCUT2D eigenvalue weighted by Crippen LogP contribution is -2.51. The van der Waals surface area contributed by atoms with E-state index in [9.17, 15) is 4.79 Å². The molecule has 1 rings (SSSR count). The lowest BCUT2D eigenvalue weighted by atomic mass is 10.1. The molecule has 2 N–H and O–H groups in total. The van der Waals surface area contributed by atoms with Gasteiger partial charge in [-0.2, -0.15) is 0 Å². The molecule has 0 radical (unpaired) electrons. The fraction of sp³-hybridized carbons (Fsp3) is 0.778. The molecule has 1 saturated heterocycles. The van der Waals surface area contributed by atoms with Crippen LogP contribution in [0.25, 0.3) is 0 Å². The highest BCUT2D eigenvalue weighted by Gasteiger charge is 2.44. The van der Waals surface area contributed by atoms with Crippen molar-refractivity contribution < 1.29 is 9.90 Å². The van der Waals surface area contributed by atoms with Crippen molar-refractivity contribution in [3.8, 4) is 0 Å². The highest BCUT2D eigenvalue weighted by molar-refractivity contribution is 8.01. The van der Waals surface area contributed by atoms with Gasteiger partial charge in [0.05, 0.1) is 4.99 Å². The number of hydrogen-bond acceptors (Lipinski definition) is 4. The van der Waals surface area contributed by atoms with E-state index < -0.39 is 11.3 Å². The molecule has 0 saturated carbocycles. The Morgan fingerprint density at radius 2 is 2.33 bits per heavy atom. The third kappa shape index (κ3) is 2.62. The van der Waals surface area contributed by atoms with E-state index in [1.54, 1.807) is 7.05 Å². The summed E-state index contributed by atoms with van der Waals surface area (Å²) in [5, 5.41) is 11.5. The molecule has 4 nitrogen and oxygen atoms in total. The highest BCUT2D eigenvalue weighted by Crippen LogP contribution is 2.36. The highest BCUT2D eigenvalue weighted by atomic mass is 32.2. The van der Waals surface area contributed by atoms with Gasteiger partial charge in [-0.3, -0.25) is 0 Å². The minimum absolute atomic E-state index is 0.179. The molecule has 6 heteroatoms. The van der Waals surface area contributed by atoms with Crippen LogP contribution in [0.5, 0.6) is 0 Å². The zero-order valence-corrected chi connectivity index (χ0v) is 10.7. The molecule has 0 bridgehead atoms. The third-order valence-electron chi connectivity index (χ3n) is 2.29. The minimum atomic E-state index is -0.816. The van der Waals surface area contributed by atoms with Gasteiger partial charge in [0.2, 0.25) is 0 Å². The first kappa shape index (κ1) is 12.7. The lowest BCUT2D eigenvalue weighted by Gasteiger charge is -2.35. The van der Waals surface area contributed by atoms with Crippen LogP contribution in [0.1, 0.15) is 13.8 Å². The molecular weight excluding hydrogens is 232 g/mol. The van der Waals surface area contributed by atoms with E-state index in [1.165, 1.54) is 11.8 Å². The Hall–Kier alpha value is -0.330. The second kappa shape index (κ2) is 4.67. The summed E-state index contributed by atoms with van der Waals surface area (Å²) in [5.74, 6) is -0.0302. The second-order valence-corrected chi connectivity index (χ2v) is 5.65. The Bertz CT molecular complexity index is 281. The fourth-order valence-corrected chi connectivity index (χ4v) is 3.60. The summed E-state index contributed by atoms with van der Waals surface area (Å²) in [6.07, 6.45) is 0. The topological polar surface area (TPSA) is 52.6 Å². The van der Waals surface area contributed by atoms with Gasteiger partial charge >= 0.3 is 5.97 Å². The van der Waals surface area contributed by atoms with Crippen molar-refractivity contribution in [3.05, 3.63) is 0 Å². The molecule has 0 aliphatic carbocycles. The van der Waals surface area contributed by atoms with E-state index in [0.29, 0.717) is 11.5 Å². The zero-order chi connectivity index (χ0) is 11.6. The van der Waals surface area contributed by atoms with E-state index in [-0.39, 0.29) is 5.54 Å². The summed E-state index contributed by atoms with van der Waals surface area (Å²) in [4.78, 5) is 13.6. The maximum Gasteiger partial charge on any atom is 0.337 e. The molecule has 1 heterocycles. The average molecular weight is 248 g/mol. The number of nitrogens with one attached hydrogen (secondary N) is 1. The zero-order valence-electron chi connectivity index (χ0n) is 9.11. The number of rotatable bonds is 3. The quantitative estimate of drug-likeness (QED) is 0.720. The maximum absolute atomic E-state index is 11.1. The Kier molecular flexibility index (Phi) is 3.97. The van der Waals surface area contributed by atoms with Crippen LogP contribution >= 0.6 is 24.0 Å². The lowest BCUT2D eigenvalue weighted by molar-refractivity contribution is -0.139. The predicted molar refractivity (Wildman–Crippen MR) is 66.3 cm³/mol. The van der Waals surface area contributed by atoms with Crippen LogP contribution in [0.4, 0.5) is 0 Å². The molecule has 1 aliphatic rings. The molecule has 0 amide bonds. The van der Waals surface area contributed by atoms with Crippen LogP contribution in [0, 0.1) is 0 Å². The Labute approximate surface area is 99.4 Å². The number of thiocarbonyl (C=S) groups is 1. The van der Waals surface area contributed by atoms with Crippen molar-refractivity contribution in [1.82, 2.24) is 10.2 Å². The molecule has 0 aromatic rings. The largest absolute Gasteiger partial charge is 0.479 e. The number of carbonyl (C=O) groups is 1. The van der Waals surface area contributed by atoms with Gasteiger partial charge in [0, 0.05) is 17.8 Å². The van der Waals surface area contributed by atoms with Crippen molar-refractivity contribution in [3.63, 3.8) is 0 Å². The van der Waals surface area contributed by atoms with E-state index >= 15 is 0 Å². The first-order chi connectivity index (χ1) is 6.90. The summed E-state index contributed by atoms with van der Waals surface area (Å²) in [7, 11) is 1.80. The molecular formula is C9H16N2O2S2. The van der Waals surface area contributed by atoms with Gasteiger partial charge < -0.3 is 15.3 Å². The number of hydrogen-bond donors (Lipinski definition) is 2. The fourth-order valence-electron chi connectivity index (χ4n) is 1.63. The first-order valence-electron chi connectivity index (χ1n) is 4.71. The number of carboxylic acids is 1. The minimum Gasteiger partial charge on any atom is -0.479 e. The molecule has 1 unspecified atom stereocenters. The van der Waals surface area contributed by atoms with Crippen LogP contribution in [0.15, 0.2) is 0 Å². The normalized spacial score (nSPS) is 24.2. The van der Waals surface area contributed by atoms with E-state index in [4.69, 9.17) is 17.3 Å². The molecule has 1 aliphatic heterocycles. The van der Waals surface area contributed by atoms with Gasteiger partial charge in [-0.25, -0.2) is 4.79 Å². The molecule has 0 aromatic heterocycles. The molecule has 0 aromatic carbocycles. The van der Waals surface area contributed by atoms with E-state index in [0.717, 1.165) is 5.75 Å². The molecule has 86 valence electrons. The van der Waals surface area contributed by atoms with Crippen LogP contribution in [-0.4, -0.2) is 51.2 Å². The monoisotopic (exact) mass is 248 g/mol. The van der Waals surface area contributed by atoms with Crippen LogP contribution in [0.3, 0.4) is 0 Å². The van der Waals surface area contributed by atoms with Crippen LogP contribution in [0.2, 0.25) is 0 Å². The molecule has 15 heavy (non-hydrogen) atoms. The van der Waals surface area contributed by atoms with Gasteiger partial charge in [-0.1, -0.05) is 12.2 Å². The van der Waals surface area contributed by atoms with Gasteiger partial charge in [0.25, 0.3) is 0 Å². The van der Waals surface area contributed by atoms with Crippen LogP contribution in [-0.2, 0) is 4.79 Å². The van der Waals surface area contributed by atoms with Crippen molar-refractivity contribution in [1.29, 1.82) is 0 Å². The average Bonchev–Trinajstić information content (AvgIpc) is 2.41. The molecule has 1 atom stereocenters. The smallest absolute Gasteiger partial charge is 0.337 e. The number of nitrogens with zero attached hydrogens (tertiary/aromatic N) is 1. The predicted octanol–water partition coefficient (Wildman–Crippen LogP) is 0.771. The summed E-state index contributed by atoms with van der Waals surface area (Å²) in [6, 6.07) is 0. The second-order valence-electron chi connectivity index (χ2n) is 4.11. The summed E-state index contributed by atoms with van der Waals surface area (Å²) in [5.41, 5.74) is -0.179. The molecule has 0 spiro atoms. The number of aliphatic carboxylic acids is 1. The SMILES string of the molecule is CNCC(=S)N1C(C(=O)O)SCC1(C)C. The van der Waals surface area contributed by atoms with Crippen molar-refractivity contribution in [2.45, 2.75) is 24.8 Å². The van der Waals surface area contributed by atoms with Crippen molar-refractivity contribution in [2.75, 3.05) is 19.3 Å². The van der Waals surface area contributed by atoms with Gasteiger partial charge in [-0.15, -0.1) is 11.8 Å². The Morgan fingerprint density at radius 1 is 1.73 bits per heavy atom. The summed E-state index contributed by atoms with van der Waals surface area (Å²) < 4.78 is 0.